The van der Waals surface area contributed by atoms with E-state index >= 15 is 0 Å². The summed E-state index contributed by atoms with van der Waals surface area (Å²) in [5.41, 5.74) is 1.58. The van der Waals surface area contributed by atoms with Crippen LogP contribution in [0.25, 0.3) is 0 Å². The molecule has 2 aromatic carbocycles. The Morgan fingerprint density at radius 1 is 1.03 bits per heavy atom. The van der Waals surface area contributed by atoms with Crippen LogP contribution in [0.5, 0.6) is 0 Å². The van der Waals surface area contributed by atoms with Crippen molar-refractivity contribution in [2.75, 3.05) is 44.6 Å². The summed E-state index contributed by atoms with van der Waals surface area (Å²) in [6.45, 7) is 4.93. The summed E-state index contributed by atoms with van der Waals surface area (Å²) in [5.74, 6) is -2.25. The van der Waals surface area contributed by atoms with Crippen LogP contribution in [0.2, 0.25) is 0 Å². The van der Waals surface area contributed by atoms with Crippen LogP contribution in [0.4, 0.5) is 10.1 Å². The van der Waals surface area contributed by atoms with E-state index in [1.165, 1.54) is 12.1 Å². The highest BCUT2D eigenvalue weighted by atomic mass is 79.9. The zero-order chi connectivity index (χ0) is 22.4. The molecule has 0 bridgehead atoms. The second kappa shape index (κ2) is 10.5. The molecule has 0 spiro atoms. The summed E-state index contributed by atoms with van der Waals surface area (Å²) in [7, 11) is 0. The van der Waals surface area contributed by atoms with E-state index in [-0.39, 0.29) is 11.5 Å². The molecular formula is C22H24BrFN4O3. The van der Waals surface area contributed by atoms with Crippen molar-refractivity contribution in [1.29, 1.82) is 0 Å². The molecular weight excluding hydrogens is 467 g/mol. The van der Waals surface area contributed by atoms with E-state index in [4.69, 9.17) is 0 Å². The Kier molecular flexibility index (Phi) is 7.75. The molecule has 0 radical (unpaired) electrons. The van der Waals surface area contributed by atoms with Crippen molar-refractivity contribution in [3.63, 3.8) is 0 Å². The van der Waals surface area contributed by atoms with Gasteiger partial charge in [-0.1, -0.05) is 28.1 Å². The van der Waals surface area contributed by atoms with Crippen LogP contribution in [0.15, 0.2) is 46.9 Å². The number of nitrogens with one attached hydrogen (secondary N) is 2. The van der Waals surface area contributed by atoms with Crippen LogP contribution in [0.1, 0.15) is 15.9 Å². The van der Waals surface area contributed by atoms with Gasteiger partial charge in [0.15, 0.2) is 0 Å². The fraction of sp³-hybridized carbons (Fsp3) is 0.318. The lowest BCUT2D eigenvalue weighted by Crippen LogP contribution is -2.50. The first-order valence-electron chi connectivity index (χ1n) is 9.96. The Labute approximate surface area is 188 Å². The van der Waals surface area contributed by atoms with Gasteiger partial charge in [0.05, 0.1) is 5.56 Å². The molecule has 1 aliphatic heterocycles. The standard InChI is InChI=1S/C22H24BrFN4O3/c1-15-14-16(6-7-18(15)23)26-21(30)20(29)25-8-9-27-10-12-28(13-11-27)22(31)17-4-2-3-5-19(17)24/h2-7,14H,8-13H2,1H3,(H,25,29)(H,26,30). The van der Waals surface area contributed by atoms with Crippen molar-refractivity contribution in [2.45, 2.75) is 6.92 Å². The monoisotopic (exact) mass is 490 g/mol. The fourth-order valence-corrected chi connectivity index (χ4v) is 3.54. The lowest BCUT2D eigenvalue weighted by atomic mass is 10.1. The number of amides is 3. The van der Waals surface area contributed by atoms with Crippen LogP contribution in [-0.4, -0.2) is 66.8 Å². The van der Waals surface area contributed by atoms with E-state index in [0.29, 0.717) is 45.0 Å². The number of aryl methyl sites for hydroxylation is 1. The number of anilines is 1. The van der Waals surface area contributed by atoms with Gasteiger partial charge in [0.25, 0.3) is 5.91 Å². The van der Waals surface area contributed by atoms with Crippen molar-refractivity contribution in [1.82, 2.24) is 15.1 Å². The average molecular weight is 491 g/mol. The van der Waals surface area contributed by atoms with E-state index in [0.717, 1.165) is 10.0 Å². The molecule has 0 atom stereocenters. The number of halogens is 2. The maximum atomic E-state index is 13.8. The normalized spacial score (nSPS) is 14.2. The number of rotatable bonds is 5. The quantitative estimate of drug-likeness (QED) is 0.630. The third kappa shape index (κ3) is 6.11. The van der Waals surface area contributed by atoms with Crippen LogP contribution in [-0.2, 0) is 9.59 Å². The Morgan fingerprint density at radius 3 is 2.42 bits per heavy atom. The molecule has 0 saturated carbocycles. The molecule has 1 heterocycles. The highest BCUT2D eigenvalue weighted by molar-refractivity contribution is 9.10. The lowest BCUT2D eigenvalue weighted by molar-refractivity contribution is -0.136. The number of carbonyl (C=O) groups is 3. The summed E-state index contributed by atoms with van der Waals surface area (Å²) >= 11 is 3.39. The van der Waals surface area contributed by atoms with Gasteiger partial charge in [-0.25, -0.2) is 4.39 Å². The highest BCUT2D eigenvalue weighted by Gasteiger charge is 2.24. The number of piperazine rings is 1. The smallest absolute Gasteiger partial charge is 0.313 e. The maximum Gasteiger partial charge on any atom is 0.313 e. The van der Waals surface area contributed by atoms with E-state index in [2.05, 4.69) is 31.5 Å². The Morgan fingerprint density at radius 2 is 1.74 bits per heavy atom. The number of carbonyl (C=O) groups excluding carboxylic acids is 3. The number of hydrogen-bond acceptors (Lipinski definition) is 4. The van der Waals surface area contributed by atoms with Gasteiger partial charge >= 0.3 is 11.8 Å². The zero-order valence-electron chi connectivity index (χ0n) is 17.2. The summed E-state index contributed by atoms with van der Waals surface area (Å²) in [6.07, 6.45) is 0. The third-order valence-electron chi connectivity index (χ3n) is 5.10. The van der Waals surface area contributed by atoms with Gasteiger partial charge in [-0.3, -0.25) is 19.3 Å². The Balaban J connectivity index is 1.39. The highest BCUT2D eigenvalue weighted by Crippen LogP contribution is 2.19. The van der Waals surface area contributed by atoms with Gasteiger partial charge in [0.1, 0.15) is 5.82 Å². The van der Waals surface area contributed by atoms with Gasteiger partial charge in [0, 0.05) is 49.4 Å². The van der Waals surface area contributed by atoms with Crippen molar-refractivity contribution >= 4 is 39.3 Å². The van der Waals surface area contributed by atoms with Crippen LogP contribution >= 0.6 is 15.9 Å². The molecule has 2 aromatic rings. The van der Waals surface area contributed by atoms with Gasteiger partial charge in [0.2, 0.25) is 0 Å². The van der Waals surface area contributed by atoms with E-state index in [1.807, 2.05) is 6.92 Å². The Bertz CT molecular complexity index is 977. The number of hydrogen-bond donors (Lipinski definition) is 2. The summed E-state index contributed by atoms with van der Waals surface area (Å²) in [6, 6.07) is 11.3. The van der Waals surface area contributed by atoms with Gasteiger partial charge in [-0.05, 0) is 42.8 Å². The molecule has 9 heteroatoms. The SMILES string of the molecule is Cc1cc(NC(=O)C(=O)NCCN2CCN(C(=O)c3ccccc3F)CC2)ccc1Br. The van der Waals surface area contributed by atoms with Crippen LogP contribution < -0.4 is 10.6 Å². The fourth-order valence-electron chi connectivity index (χ4n) is 3.30. The van der Waals surface area contributed by atoms with Crippen molar-refractivity contribution in [2.24, 2.45) is 0 Å². The molecule has 3 amide bonds. The molecule has 7 nitrogen and oxygen atoms in total. The third-order valence-corrected chi connectivity index (χ3v) is 5.99. The van der Waals surface area contributed by atoms with E-state index < -0.39 is 17.6 Å². The topological polar surface area (TPSA) is 81.8 Å². The van der Waals surface area contributed by atoms with Gasteiger partial charge in [-0.15, -0.1) is 0 Å². The molecule has 0 aliphatic carbocycles. The van der Waals surface area contributed by atoms with Crippen molar-refractivity contribution < 1.29 is 18.8 Å². The van der Waals surface area contributed by atoms with Crippen LogP contribution in [0.3, 0.4) is 0 Å². The van der Waals surface area contributed by atoms with E-state index in [1.54, 1.807) is 35.2 Å². The van der Waals surface area contributed by atoms with Gasteiger partial charge in [-0.2, -0.15) is 0 Å². The molecule has 2 N–H and O–H groups in total. The van der Waals surface area contributed by atoms with E-state index in [9.17, 15) is 18.8 Å². The van der Waals surface area contributed by atoms with Crippen molar-refractivity contribution in [3.8, 4) is 0 Å². The largest absolute Gasteiger partial charge is 0.347 e. The predicted molar refractivity (Wildman–Crippen MR) is 119 cm³/mol. The molecule has 1 aliphatic rings. The minimum Gasteiger partial charge on any atom is -0.347 e. The van der Waals surface area contributed by atoms with Crippen LogP contribution in [0, 0.1) is 12.7 Å². The summed E-state index contributed by atoms with van der Waals surface area (Å²) in [4.78, 5) is 40.2. The van der Waals surface area contributed by atoms with Crippen molar-refractivity contribution in [3.05, 3.63) is 63.9 Å². The Hall–Kier alpha value is -2.78. The van der Waals surface area contributed by atoms with Gasteiger partial charge < -0.3 is 15.5 Å². The average Bonchev–Trinajstić information content (AvgIpc) is 2.76. The molecule has 1 fully saturated rings. The zero-order valence-corrected chi connectivity index (χ0v) is 18.7. The molecule has 31 heavy (non-hydrogen) atoms. The second-order valence-corrected chi connectivity index (χ2v) is 8.14. The minimum atomic E-state index is -0.720. The molecule has 0 unspecified atom stereocenters. The number of benzene rings is 2. The first-order valence-corrected chi connectivity index (χ1v) is 10.8. The summed E-state index contributed by atoms with van der Waals surface area (Å²) in [5, 5.41) is 5.19. The predicted octanol–water partition coefficient (Wildman–Crippen LogP) is 2.41. The molecule has 164 valence electrons. The minimum absolute atomic E-state index is 0.0789. The molecule has 0 aromatic heterocycles. The molecule has 3 rings (SSSR count). The first kappa shape index (κ1) is 22.9. The first-order chi connectivity index (χ1) is 14.8. The second-order valence-electron chi connectivity index (χ2n) is 7.29. The molecule has 1 saturated heterocycles. The maximum absolute atomic E-state index is 13.8. The summed E-state index contributed by atoms with van der Waals surface area (Å²) < 4.78 is 14.7. The lowest BCUT2D eigenvalue weighted by Gasteiger charge is -2.34. The number of nitrogens with zero attached hydrogens (tertiary/aromatic N) is 2.